The normalized spacial score (nSPS) is 14.0. The van der Waals surface area contributed by atoms with Crippen molar-refractivity contribution < 1.29 is 17.9 Å². The number of benzene rings is 1. The van der Waals surface area contributed by atoms with Crippen LogP contribution >= 0.6 is 12.2 Å². The maximum Gasteiger partial charge on any atom is 0.316 e. The minimum atomic E-state index is -2.61. The number of carbonyl (C=O) groups excluding carboxylic acids is 1. The highest BCUT2D eigenvalue weighted by atomic mass is 32.2. The van der Waals surface area contributed by atoms with Crippen LogP contribution in [0.1, 0.15) is 57.9 Å². The van der Waals surface area contributed by atoms with Crippen molar-refractivity contribution in [1.82, 2.24) is 10.2 Å². The van der Waals surface area contributed by atoms with Crippen molar-refractivity contribution in [3.8, 4) is 5.75 Å². The summed E-state index contributed by atoms with van der Waals surface area (Å²) in [6.07, 6.45) is 6.39. The molecule has 7 nitrogen and oxygen atoms in total. The summed E-state index contributed by atoms with van der Waals surface area (Å²) in [7, 11) is -1.17. The summed E-state index contributed by atoms with van der Waals surface area (Å²) in [5, 5.41) is 3.74. The van der Waals surface area contributed by atoms with Crippen LogP contribution in [0, 0.1) is 0 Å². The van der Waals surface area contributed by atoms with E-state index in [1.807, 2.05) is 6.92 Å². The number of carbonyl (C=O) groups is 1. The van der Waals surface area contributed by atoms with E-state index in [4.69, 9.17) is 17.0 Å². The minimum absolute atomic E-state index is 0.00986. The van der Waals surface area contributed by atoms with Crippen molar-refractivity contribution >= 4 is 39.4 Å². The second-order valence-corrected chi connectivity index (χ2v) is 8.33. The van der Waals surface area contributed by atoms with Gasteiger partial charge in [0.25, 0.3) is 0 Å². The van der Waals surface area contributed by atoms with E-state index in [-0.39, 0.29) is 24.1 Å². The first-order chi connectivity index (χ1) is 13.8. The topological polar surface area (TPSA) is 88.1 Å². The number of nitrogens with one attached hydrogen (secondary N) is 1. The van der Waals surface area contributed by atoms with Gasteiger partial charge >= 0.3 is 10.5 Å². The van der Waals surface area contributed by atoms with Gasteiger partial charge in [-0.3, -0.25) is 9.69 Å². The molecule has 0 aromatic heterocycles. The van der Waals surface area contributed by atoms with Gasteiger partial charge in [-0.15, -0.1) is 4.36 Å². The van der Waals surface area contributed by atoms with E-state index in [2.05, 4.69) is 16.6 Å². The van der Waals surface area contributed by atoms with Gasteiger partial charge in [-0.05, 0) is 56.1 Å². The molecule has 1 aliphatic carbocycles. The SMILES string of the molecule is CCCCC[C@H](C)N(C(=O)Cc1ccc(OC)c(N=S(=O)=O)c1)C(=S)NC1CC1. The molecule has 0 bridgehead atoms. The molecule has 0 heterocycles. The average molecular weight is 440 g/mol. The largest absolute Gasteiger partial charge is 0.494 e. The highest BCUT2D eigenvalue weighted by Crippen LogP contribution is 2.29. The van der Waals surface area contributed by atoms with Gasteiger partial charge in [-0.25, -0.2) is 0 Å². The number of ether oxygens (including phenoxy) is 1. The van der Waals surface area contributed by atoms with Crippen LogP contribution in [0.2, 0.25) is 0 Å². The quantitative estimate of drug-likeness (QED) is 0.441. The number of thiocarbonyl (C=S) groups is 1. The summed E-state index contributed by atoms with van der Waals surface area (Å²) in [5.74, 6) is 0.215. The van der Waals surface area contributed by atoms with Crippen molar-refractivity contribution in [1.29, 1.82) is 0 Å². The average Bonchev–Trinajstić information content (AvgIpc) is 3.45. The van der Waals surface area contributed by atoms with Gasteiger partial charge in [0.15, 0.2) is 5.11 Å². The Kier molecular flexibility index (Phi) is 9.03. The van der Waals surface area contributed by atoms with Crippen LogP contribution in [-0.4, -0.2) is 43.5 Å². The summed E-state index contributed by atoms with van der Waals surface area (Å²) in [5.41, 5.74) is 0.826. The second-order valence-electron chi connectivity index (χ2n) is 7.32. The summed E-state index contributed by atoms with van der Waals surface area (Å²) < 4.78 is 30.6. The number of nitrogens with zero attached hydrogens (tertiary/aromatic N) is 2. The molecule has 1 saturated carbocycles. The van der Waals surface area contributed by atoms with Gasteiger partial charge in [0.1, 0.15) is 11.4 Å². The lowest BCUT2D eigenvalue weighted by Crippen LogP contribution is -2.49. The molecular weight excluding hydrogens is 410 g/mol. The van der Waals surface area contributed by atoms with Crippen LogP contribution in [0.25, 0.3) is 0 Å². The molecule has 1 aromatic carbocycles. The molecule has 160 valence electrons. The molecule has 0 spiro atoms. The first kappa shape index (κ1) is 23.3. The number of unbranched alkanes of at least 4 members (excludes halogenated alkanes) is 2. The molecule has 1 aromatic rings. The van der Waals surface area contributed by atoms with E-state index in [0.29, 0.717) is 22.5 Å². The zero-order valence-corrected chi connectivity index (χ0v) is 18.8. The Morgan fingerprint density at radius 2 is 2.10 bits per heavy atom. The molecule has 1 atom stereocenters. The van der Waals surface area contributed by atoms with E-state index in [9.17, 15) is 13.2 Å². The molecule has 1 aliphatic rings. The van der Waals surface area contributed by atoms with Gasteiger partial charge in [0.05, 0.1) is 13.5 Å². The van der Waals surface area contributed by atoms with Crippen LogP contribution in [0.3, 0.4) is 0 Å². The standard InChI is InChI=1S/C20H29N3O4S2/c1-4-5-6-7-14(2)23(20(28)21-16-9-10-16)19(24)13-15-8-11-18(27-3)17(12-15)22-29(25)26/h8,11-12,14,16H,4-7,9-10,13H2,1-3H3,(H,21,28)/t14-/m0/s1. The Balaban J connectivity index is 2.19. The Morgan fingerprint density at radius 1 is 1.38 bits per heavy atom. The first-order valence-electron chi connectivity index (χ1n) is 9.96. The summed E-state index contributed by atoms with van der Waals surface area (Å²) >= 11 is 5.54. The van der Waals surface area contributed by atoms with Gasteiger partial charge in [-0.1, -0.05) is 32.3 Å². The Labute approximate surface area is 179 Å². The fourth-order valence-corrected chi connectivity index (χ4v) is 3.86. The molecule has 0 aliphatic heterocycles. The van der Waals surface area contributed by atoms with Gasteiger partial charge in [-0.2, -0.15) is 8.42 Å². The van der Waals surface area contributed by atoms with Crippen LogP contribution in [0.4, 0.5) is 5.69 Å². The second kappa shape index (κ2) is 11.3. The van der Waals surface area contributed by atoms with E-state index in [0.717, 1.165) is 38.5 Å². The van der Waals surface area contributed by atoms with Crippen LogP contribution in [0.15, 0.2) is 22.6 Å². The minimum Gasteiger partial charge on any atom is -0.494 e. The zero-order valence-electron chi connectivity index (χ0n) is 17.2. The number of rotatable bonds is 10. The number of methoxy groups -OCH3 is 1. The molecule has 0 unspecified atom stereocenters. The van der Waals surface area contributed by atoms with Crippen LogP contribution in [-0.2, 0) is 21.7 Å². The molecule has 9 heteroatoms. The highest BCUT2D eigenvalue weighted by molar-refractivity contribution is 7.80. The fraction of sp³-hybridized carbons (Fsp3) is 0.600. The Morgan fingerprint density at radius 3 is 2.69 bits per heavy atom. The van der Waals surface area contributed by atoms with E-state index < -0.39 is 10.5 Å². The van der Waals surface area contributed by atoms with Crippen LogP contribution < -0.4 is 10.1 Å². The fourth-order valence-electron chi connectivity index (χ4n) is 3.11. The maximum atomic E-state index is 13.1. The van der Waals surface area contributed by atoms with Crippen molar-refractivity contribution in [2.45, 2.75) is 70.9 Å². The molecule has 1 N–H and O–H groups in total. The molecule has 29 heavy (non-hydrogen) atoms. The predicted molar refractivity (Wildman–Crippen MR) is 117 cm³/mol. The molecule has 1 amide bonds. The molecule has 0 radical (unpaired) electrons. The van der Waals surface area contributed by atoms with Crippen molar-refractivity contribution in [2.24, 2.45) is 4.36 Å². The van der Waals surface area contributed by atoms with E-state index >= 15 is 0 Å². The third-order valence-electron chi connectivity index (χ3n) is 4.83. The lowest BCUT2D eigenvalue weighted by molar-refractivity contribution is -0.128. The summed E-state index contributed by atoms with van der Waals surface area (Å²) in [6.45, 7) is 4.16. The van der Waals surface area contributed by atoms with Gasteiger partial charge < -0.3 is 10.1 Å². The van der Waals surface area contributed by atoms with Gasteiger partial charge in [0, 0.05) is 12.1 Å². The predicted octanol–water partition coefficient (Wildman–Crippen LogP) is 3.77. The number of hydrogen-bond donors (Lipinski definition) is 1. The third kappa shape index (κ3) is 7.40. The lowest BCUT2D eigenvalue weighted by atomic mass is 10.1. The van der Waals surface area contributed by atoms with Crippen molar-refractivity contribution in [3.05, 3.63) is 23.8 Å². The Bertz CT molecular complexity index is 858. The first-order valence-corrected chi connectivity index (χ1v) is 11.4. The number of amides is 1. The zero-order chi connectivity index (χ0) is 21.4. The smallest absolute Gasteiger partial charge is 0.316 e. The number of hydrogen-bond acceptors (Lipinski definition) is 6. The lowest BCUT2D eigenvalue weighted by Gasteiger charge is -2.30. The van der Waals surface area contributed by atoms with Crippen molar-refractivity contribution in [3.63, 3.8) is 0 Å². The molecule has 1 fully saturated rings. The summed E-state index contributed by atoms with van der Waals surface area (Å²) in [4.78, 5) is 14.8. The van der Waals surface area contributed by atoms with Gasteiger partial charge in [0.2, 0.25) is 5.91 Å². The molecule has 2 rings (SSSR count). The molecular formula is C20H29N3O4S2. The summed E-state index contributed by atoms with van der Waals surface area (Å²) in [6, 6.07) is 5.26. The monoisotopic (exact) mass is 439 g/mol. The van der Waals surface area contributed by atoms with E-state index in [1.54, 1.807) is 23.1 Å². The van der Waals surface area contributed by atoms with E-state index in [1.165, 1.54) is 7.11 Å². The third-order valence-corrected chi connectivity index (χ3v) is 5.49. The van der Waals surface area contributed by atoms with Crippen LogP contribution in [0.5, 0.6) is 5.75 Å². The Hall–Kier alpha value is -2.00. The highest BCUT2D eigenvalue weighted by Gasteiger charge is 2.29. The van der Waals surface area contributed by atoms with Crippen molar-refractivity contribution in [2.75, 3.05) is 7.11 Å². The molecule has 0 saturated heterocycles. The maximum absolute atomic E-state index is 13.1.